The minimum absolute atomic E-state index is 0.0860. The van der Waals surface area contributed by atoms with E-state index in [1.807, 2.05) is 17.5 Å². The Hall–Kier alpha value is -1.77. The number of amides is 1. The summed E-state index contributed by atoms with van der Waals surface area (Å²) < 4.78 is 39.3. The van der Waals surface area contributed by atoms with Gasteiger partial charge in [-0.2, -0.15) is 4.72 Å². The molecule has 0 radical (unpaired) electrons. The van der Waals surface area contributed by atoms with Crippen molar-refractivity contribution in [2.75, 3.05) is 6.54 Å². The zero-order chi connectivity index (χ0) is 16.9. The van der Waals surface area contributed by atoms with Crippen molar-refractivity contribution in [3.8, 4) is 0 Å². The summed E-state index contributed by atoms with van der Waals surface area (Å²) >= 11 is 1.60. The van der Waals surface area contributed by atoms with Crippen LogP contribution in [-0.2, 0) is 21.2 Å². The van der Waals surface area contributed by atoms with Gasteiger partial charge in [0.05, 0.1) is 10.9 Å². The molecular weight excluding hydrogens is 339 g/mol. The molecule has 2 aromatic rings. The number of benzene rings is 1. The van der Waals surface area contributed by atoms with Gasteiger partial charge in [0.1, 0.15) is 5.82 Å². The average Bonchev–Trinajstić information content (AvgIpc) is 3.00. The molecule has 124 valence electrons. The van der Waals surface area contributed by atoms with Crippen molar-refractivity contribution < 1.29 is 17.6 Å². The van der Waals surface area contributed by atoms with Gasteiger partial charge < -0.3 is 5.32 Å². The van der Waals surface area contributed by atoms with E-state index < -0.39 is 27.8 Å². The SMILES string of the molecule is C[C@H](NS(=O)(=O)c1ccc(F)cc1)C(=O)NCCc1cccs1. The maximum absolute atomic E-state index is 12.8. The molecule has 2 N–H and O–H groups in total. The number of nitrogens with one attached hydrogen (secondary N) is 2. The van der Waals surface area contributed by atoms with Gasteiger partial charge in [0.25, 0.3) is 0 Å². The van der Waals surface area contributed by atoms with Crippen molar-refractivity contribution in [3.05, 3.63) is 52.5 Å². The van der Waals surface area contributed by atoms with Crippen LogP contribution in [-0.4, -0.2) is 26.9 Å². The van der Waals surface area contributed by atoms with Gasteiger partial charge in [-0.1, -0.05) is 6.07 Å². The molecule has 23 heavy (non-hydrogen) atoms. The summed E-state index contributed by atoms with van der Waals surface area (Å²) in [5.41, 5.74) is 0. The number of halogens is 1. The Bertz CT molecular complexity index is 744. The fourth-order valence-corrected chi connectivity index (χ4v) is 3.80. The number of carbonyl (C=O) groups excluding carboxylic acids is 1. The number of rotatable bonds is 7. The van der Waals surface area contributed by atoms with Gasteiger partial charge in [-0.05, 0) is 49.1 Å². The summed E-state index contributed by atoms with van der Waals surface area (Å²) in [6, 6.07) is 7.39. The van der Waals surface area contributed by atoms with Crippen molar-refractivity contribution in [1.29, 1.82) is 0 Å². The molecule has 0 aliphatic heterocycles. The summed E-state index contributed by atoms with van der Waals surface area (Å²) in [5.74, 6) is -0.935. The van der Waals surface area contributed by atoms with Crippen LogP contribution < -0.4 is 10.0 Å². The molecule has 1 aromatic carbocycles. The minimum Gasteiger partial charge on any atom is -0.354 e. The number of hydrogen-bond donors (Lipinski definition) is 2. The van der Waals surface area contributed by atoms with Crippen LogP contribution in [0.4, 0.5) is 4.39 Å². The predicted octanol–water partition coefficient (Wildman–Crippen LogP) is 1.91. The second kappa shape index (κ2) is 7.67. The summed E-state index contributed by atoms with van der Waals surface area (Å²) in [6.07, 6.45) is 0.695. The van der Waals surface area contributed by atoms with E-state index in [0.29, 0.717) is 13.0 Å². The summed E-state index contributed by atoms with van der Waals surface area (Å²) in [7, 11) is -3.86. The highest BCUT2D eigenvalue weighted by Crippen LogP contribution is 2.10. The van der Waals surface area contributed by atoms with Crippen molar-refractivity contribution >= 4 is 27.3 Å². The fourth-order valence-electron chi connectivity index (χ4n) is 1.88. The molecule has 0 saturated heterocycles. The topological polar surface area (TPSA) is 75.3 Å². The van der Waals surface area contributed by atoms with Gasteiger partial charge >= 0.3 is 0 Å². The molecule has 0 aliphatic carbocycles. The average molecular weight is 356 g/mol. The van der Waals surface area contributed by atoms with Gasteiger partial charge in [-0.3, -0.25) is 4.79 Å². The van der Waals surface area contributed by atoms with Gasteiger partial charge in [0.15, 0.2) is 0 Å². The van der Waals surface area contributed by atoms with Crippen LogP contribution in [0, 0.1) is 5.82 Å². The number of hydrogen-bond acceptors (Lipinski definition) is 4. The molecule has 1 heterocycles. The van der Waals surface area contributed by atoms with Gasteiger partial charge in [-0.15, -0.1) is 11.3 Å². The lowest BCUT2D eigenvalue weighted by atomic mass is 10.3. The highest BCUT2D eigenvalue weighted by molar-refractivity contribution is 7.89. The molecule has 0 aliphatic rings. The zero-order valence-electron chi connectivity index (χ0n) is 12.5. The van der Waals surface area contributed by atoms with Crippen molar-refractivity contribution in [2.45, 2.75) is 24.3 Å². The third-order valence-electron chi connectivity index (χ3n) is 3.10. The Kier molecular flexibility index (Phi) is 5.86. The number of carbonyl (C=O) groups is 1. The lowest BCUT2D eigenvalue weighted by Crippen LogP contribution is -2.45. The molecule has 1 amide bonds. The largest absolute Gasteiger partial charge is 0.354 e. The second-order valence-electron chi connectivity index (χ2n) is 4.92. The van der Waals surface area contributed by atoms with Crippen LogP contribution >= 0.6 is 11.3 Å². The van der Waals surface area contributed by atoms with E-state index in [1.54, 1.807) is 11.3 Å². The molecule has 0 fully saturated rings. The highest BCUT2D eigenvalue weighted by Gasteiger charge is 2.21. The van der Waals surface area contributed by atoms with Crippen LogP contribution in [0.5, 0.6) is 0 Å². The van der Waals surface area contributed by atoms with E-state index in [9.17, 15) is 17.6 Å². The van der Waals surface area contributed by atoms with Crippen LogP contribution in [0.25, 0.3) is 0 Å². The number of thiophene rings is 1. The van der Waals surface area contributed by atoms with E-state index in [1.165, 1.54) is 6.92 Å². The standard InChI is InChI=1S/C15H17FN2O3S2/c1-11(15(19)17-9-8-13-3-2-10-22-13)18-23(20,21)14-6-4-12(16)5-7-14/h2-7,10-11,18H,8-9H2,1H3,(H,17,19)/t11-/m0/s1. The van der Waals surface area contributed by atoms with E-state index >= 15 is 0 Å². The quantitative estimate of drug-likeness (QED) is 0.796. The van der Waals surface area contributed by atoms with Crippen molar-refractivity contribution in [1.82, 2.24) is 10.0 Å². The Morgan fingerprint density at radius 1 is 1.26 bits per heavy atom. The Morgan fingerprint density at radius 2 is 1.96 bits per heavy atom. The van der Waals surface area contributed by atoms with Crippen LogP contribution in [0.1, 0.15) is 11.8 Å². The molecule has 5 nitrogen and oxygen atoms in total. The third-order valence-corrected chi connectivity index (χ3v) is 5.59. The normalized spacial score (nSPS) is 12.8. The molecule has 0 bridgehead atoms. The Labute approximate surface area is 138 Å². The Balaban J connectivity index is 1.88. The van der Waals surface area contributed by atoms with Crippen LogP contribution in [0.15, 0.2) is 46.7 Å². The fraction of sp³-hybridized carbons (Fsp3) is 0.267. The lowest BCUT2D eigenvalue weighted by Gasteiger charge is -2.14. The maximum Gasteiger partial charge on any atom is 0.241 e. The van der Waals surface area contributed by atoms with Crippen molar-refractivity contribution in [3.63, 3.8) is 0 Å². The third kappa shape index (κ3) is 5.12. The first-order valence-corrected chi connectivity index (χ1v) is 9.33. The van der Waals surface area contributed by atoms with Gasteiger partial charge in [0.2, 0.25) is 15.9 Å². The zero-order valence-corrected chi connectivity index (χ0v) is 14.1. The molecule has 0 unspecified atom stereocenters. The van der Waals surface area contributed by atoms with E-state index in [-0.39, 0.29) is 4.90 Å². The van der Waals surface area contributed by atoms with Crippen LogP contribution in [0.2, 0.25) is 0 Å². The van der Waals surface area contributed by atoms with E-state index in [2.05, 4.69) is 10.0 Å². The first-order valence-electron chi connectivity index (χ1n) is 6.96. The molecule has 1 atom stereocenters. The van der Waals surface area contributed by atoms with Crippen LogP contribution in [0.3, 0.4) is 0 Å². The monoisotopic (exact) mass is 356 g/mol. The first kappa shape index (κ1) is 17.6. The van der Waals surface area contributed by atoms with E-state index in [0.717, 1.165) is 29.1 Å². The summed E-state index contributed by atoms with van der Waals surface area (Å²) in [6.45, 7) is 1.89. The number of sulfonamides is 1. The maximum atomic E-state index is 12.8. The van der Waals surface area contributed by atoms with Gasteiger partial charge in [0, 0.05) is 11.4 Å². The predicted molar refractivity (Wildman–Crippen MR) is 87.2 cm³/mol. The van der Waals surface area contributed by atoms with Crippen molar-refractivity contribution in [2.24, 2.45) is 0 Å². The summed E-state index contributed by atoms with van der Waals surface area (Å²) in [4.78, 5) is 13.0. The van der Waals surface area contributed by atoms with Gasteiger partial charge in [-0.25, -0.2) is 12.8 Å². The molecular formula is C15H17FN2O3S2. The molecule has 2 rings (SSSR count). The first-order chi connectivity index (χ1) is 10.9. The Morgan fingerprint density at radius 3 is 2.57 bits per heavy atom. The molecule has 1 aromatic heterocycles. The lowest BCUT2D eigenvalue weighted by molar-refractivity contribution is -0.122. The van der Waals surface area contributed by atoms with E-state index in [4.69, 9.17) is 0 Å². The molecule has 8 heteroatoms. The second-order valence-corrected chi connectivity index (χ2v) is 7.66. The smallest absolute Gasteiger partial charge is 0.241 e. The minimum atomic E-state index is -3.86. The highest BCUT2D eigenvalue weighted by atomic mass is 32.2. The molecule has 0 spiro atoms. The summed E-state index contributed by atoms with van der Waals surface area (Å²) in [5, 5.41) is 4.64. The molecule has 0 saturated carbocycles.